The highest BCUT2D eigenvalue weighted by molar-refractivity contribution is 5.97. The van der Waals surface area contributed by atoms with E-state index in [4.69, 9.17) is 0 Å². The summed E-state index contributed by atoms with van der Waals surface area (Å²) >= 11 is 0. The number of carbonyl (C=O) groups excluding carboxylic acids is 2. The highest BCUT2D eigenvalue weighted by Crippen LogP contribution is 2.37. The van der Waals surface area contributed by atoms with E-state index >= 15 is 0 Å². The van der Waals surface area contributed by atoms with Crippen LogP contribution in [0.25, 0.3) is 44.1 Å². The third-order valence-electron chi connectivity index (χ3n) is 9.80. The Bertz CT molecular complexity index is 2450. The number of rotatable bonds is 8. The predicted molar refractivity (Wildman–Crippen MR) is 207 cm³/mol. The number of aryl methyl sites for hydroxylation is 2. The molecule has 0 saturated heterocycles. The van der Waals surface area contributed by atoms with Gasteiger partial charge < -0.3 is 20.8 Å². The molecule has 2 aliphatic rings. The zero-order chi connectivity index (χ0) is 43.3. The summed E-state index contributed by atoms with van der Waals surface area (Å²) in [7, 11) is 0. The molecule has 12 nitrogen and oxygen atoms in total. The highest BCUT2D eigenvalue weighted by atomic mass is 19.4. The quantitative estimate of drug-likeness (QED) is 0.109. The number of aromatic nitrogens is 6. The predicted octanol–water partition coefficient (Wildman–Crippen LogP) is 8.42. The SMILES string of the molecule is C.Cc1cc([C@@H](O)C(F)(F)F)ncc1-c1cc2cnc(NC(=O)[C@@H]3C[C@@H]3F)cc2cn1.Cc1cc([C@H](O)C(F)(F)F)ncc1-c1cc2cnc(NC(=O)[C@@H]3C[C@@H]3F)cc2cn1. The van der Waals surface area contributed by atoms with Gasteiger partial charge in [0.05, 0.1) is 34.6 Å². The molecular formula is C41H36F8N8O4. The van der Waals surface area contributed by atoms with Crippen LogP contribution in [0.1, 0.15) is 55.0 Å². The maximum absolute atomic E-state index is 13.0. The third-order valence-corrected chi connectivity index (χ3v) is 9.80. The molecule has 61 heavy (non-hydrogen) atoms. The number of carbonyl (C=O) groups is 2. The lowest BCUT2D eigenvalue weighted by atomic mass is 10.0. The first-order valence-electron chi connectivity index (χ1n) is 18.1. The van der Waals surface area contributed by atoms with Gasteiger partial charge in [-0.2, -0.15) is 26.3 Å². The number of halogens is 8. The number of fused-ring (bicyclic) bond motifs is 2. The number of aliphatic hydroxyl groups excluding tert-OH is 2. The molecule has 8 rings (SSSR count). The Morgan fingerprint density at radius 1 is 0.574 bits per heavy atom. The van der Waals surface area contributed by atoms with Crippen molar-refractivity contribution in [1.29, 1.82) is 0 Å². The first-order chi connectivity index (χ1) is 28.3. The molecule has 20 heteroatoms. The van der Waals surface area contributed by atoms with Gasteiger partial charge >= 0.3 is 12.4 Å². The average molecular weight is 857 g/mol. The van der Waals surface area contributed by atoms with Crippen LogP contribution < -0.4 is 10.6 Å². The van der Waals surface area contributed by atoms with Gasteiger partial charge in [0.15, 0.2) is 12.2 Å². The monoisotopic (exact) mass is 856 g/mol. The Morgan fingerprint density at radius 3 is 1.21 bits per heavy atom. The van der Waals surface area contributed by atoms with Crippen molar-refractivity contribution < 1.29 is 54.9 Å². The van der Waals surface area contributed by atoms with Crippen LogP contribution >= 0.6 is 0 Å². The molecule has 4 N–H and O–H groups in total. The third kappa shape index (κ3) is 10.0. The number of amides is 2. The van der Waals surface area contributed by atoms with E-state index in [0.29, 0.717) is 55.2 Å². The van der Waals surface area contributed by atoms with Crippen LogP contribution in [0.4, 0.5) is 46.8 Å². The van der Waals surface area contributed by atoms with Crippen LogP contribution in [0.5, 0.6) is 0 Å². The average Bonchev–Trinajstić information content (AvgIpc) is 4.13. The summed E-state index contributed by atoms with van der Waals surface area (Å²) < 4.78 is 102. The molecule has 0 unspecified atom stereocenters. The van der Waals surface area contributed by atoms with E-state index in [0.717, 1.165) is 0 Å². The van der Waals surface area contributed by atoms with Crippen LogP contribution in [-0.2, 0) is 9.59 Å². The number of alkyl halides is 8. The summed E-state index contributed by atoms with van der Waals surface area (Å²) in [4.78, 5) is 48.1. The van der Waals surface area contributed by atoms with Gasteiger partial charge in [0.1, 0.15) is 24.0 Å². The van der Waals surface area contributed by atoms with Gasteiger partial charge in [-0.1, -0.05) is 7.43 Å². The topological polar surface area (TPSA) is 176 Å². The summed E-state index contributed by atoms with van der Waals surface area (Å²) in [5.74, 6) is -1.52. The van der Waals surface area contributed by atoms with Gasteiger partial charge in [0, 0.05) is 69.9 Å². The smallest absolute Gasteiger partial charge is 0.378 e. The molecule has 2 aliphatic carbocycles. The maximum Gasteiger partial charge on any atom is 0.420 e. The molecule has 6 heterocycles. The number of aliphatic hydroxyl groups is 2. The number of anilines is 2. The van der Waals surface area contributed by atoms with Gasteiger partial charge in [0.25, 0.3) is 0 Å². The van der Waals surface area contributed by atoms with Crippen LogP contribution in [-0.4, -0.2) is 76.6 Å². The molecule has 0 bridgehead atoms. The Hall–Kier alpha value is -6.28. The molecule has 6 aromatic heterocycles. The van der Waals surface area contributed by atoms with Crippen molar-refractivity contribution in [2.45, 2.75) is 71.0 Å². The van der Waals surface area contributed by atoms with E-state index in [1.54, 1.807) is 38.1 Å². The molecule has 2 fully saturated rings. The lowest BCUT2D eigenvalue weighted by Gasteiger charge is -2.15. The van der Waals surface area contributed by atoms with Crippen molar-refractivity contribution >= 4 is 45.0 Å². The first-order valence-corrected chi connectivity index (χ1v) is 18.1. The van der Waals surface area contributed by atoms with Crippen LogP contribution in [0.2, 0.25) is 0 Å². The molecule has 6 atom stereocenters. The summed E-state index contributed by atoms with van der Waals surface area (Å²) in [5, 5.41) is 26.6. The standard InChI is InChI=1S/2C20H16F4N4O2.CH4/c2*1-9-2-16(18(29)20(22,23)24)26-8-13(9)15-3-10-7-27-17(4-11(10)6-25-15)28-19(30)12-5-14(12)21;/h2*2-4,6-8,12,14,18,29H,5H2,1H3,(H,27,28,30);1H4/t12-,14+,18+;12-,14+,18-;/m11./s1. The fraction of sp³-hybridized carbons (Fsp3) is 0.317. The second-order valence-electron chi connectivity index (χ2n) is 14.4. The maximum atomic E-state index is 13.0. The van der Waals surface area contributed by atoms with E-state index in [2.05, 4.69) is 40.5 Å². The van der Waals surface area contributed by atoms with Crippen molar-refractivity contribution in [3.8, 4) is 22.5 Å². The minimum Gasteiger partial charge on any atom is -0.378 e. The second kappa shape index (κ2) is 17.0. The van der Waals surface area contributed by atoms with E-state index in [-0.39, 0.29) is 31.9 Å². The molecule has 2 saturated carbocycles. The van der Waals surface area contributed by atoms with Crippen LogP contribution in [0, 0.1) is 25.7 Å². The highest BCUT2D eigenvalue weighted by Gasteiger charge is 2.45. The molecule has 320 valence electrons. The zero-order valence-electron chi connectivity index (χ0n) is 31.2. The number of nitrogens with one attached hydrogen (secondary N) is 2. The van der Waals surface area contributed by atoms with Crippen molar-refractivity contribution in [2.75, 3.05) is 10.6 Å². The molecule has 2 amide bonds. The van der Waals surface area contributed by atoms with Crippen LogP contribution in [0.3, 0.4) is 0 Å². The largest absolute Gasteiger partial charge is 0.420 e. The van der Waals surface area contributed by atoms with Gasteiger partial charge in [-0.25, -0.2) is 18.7 Å². The first kappa shape index (κ1) is 44.3. The molecular weight excluding hydrogens is 820 g/mol. The van der Waals surface area contributed by atoms with E-state index < -0.39 is 71.9 Å². The molecule has 0 radical (unpaired) electrons. The molecule has 0 aliphatic heterocycles. The van der Waals surface area contributed by atoms with Gasteiger partial charge in [-0.3, -0.25) is 29.5 Å². The van der Waals surface area contributed by atoms with Gasteiger partial charge in [-0.15, -0.1) is 0 Å². The summed E-state index contributed by atoms with van der Waals surface area (Å²) in [6.07, 6.45) is -8.11. The Morgan fingerprint density at radius 2 is 0.902 bits per heavy atom. The van der Waals surface area contributed by atoms with Crippen molar-refractivity contribution in [3.63, 3.8) is 0 Å². The Labute approximate surface area is 341 Å². The normalized spacial score (nSPS) is 19.2. The fourth-order valence-corrected chi connectivity index (χ4v) is 6.14. The van der Waals surface area contributed by atoms with Gasteiger partial charge in [0.2, 0.25) is 11.8 Å². The number of pyridine rings is 6. The second-order valence-corrected chi connectivity index (χ2v) is 14.4. The minimum atomic E-state index is -4.80. The Kier molecular flexibility index (Phi) is 12.3. The van der Waals surface area contributed by atoms with Crippen molar-refractivity contribution in [1.82, 2.24) is 29.9 Å². The zero-order valence-corrected chi connectivity index (χ0v) is 31.2. The van der Waals surface area contributed by atoms with Gasteiger partial charge in [-0.05, 0) is 74.2 Å². The molecule has 0 aromatic carbocycles. The lowest BCUT2D eigenvalue weighted by molar-refractivity contribution is -0.208. The van der Waals surface area contributed by atoms with Crippen molar-refractivity contribution in [2.24, 2.45) is 11.8 Å². The van der Waals surface area contributed by atoms with E-state index in [1.807, 2.05) is 0 Å². The number of nitrogens with zero attached hydrogens (tertiary/aromatic N) is 6. The molecule has 0 spiro atoms. The minimum absolute atomic E-state index is 0. The van der Waals surface area contributed by atoms with Crippen molar-refractivity contribution in [3.05, 3.63) is 96.1 Å². The summed E-state index contributed by atoms with van der Waals surface area (Å²) in [6.45, 7) is 3.20. The van der Waals surface area contributed by atoms with E-state index in [1.165, 1.54) is 49.3 Å². The summed E-state index contributed by atoms with van der Waals surface area (Å²) in [5.41, 5.74) is 1.92. The number of hydrogen-bond donors (Lipinski definition) is 4. The Balaban J connectivity index is 0.000000201. The fourth-order valence-electron chi connectivity index (χ4n) is 6.14. The lowest BCUT2D eigenvalue weighted by Crippen LogP contribution is -2.21. The van der Waals surface area contributed by atoms with E-state index in [9.17, 15) is 54.9 Å². The number of hydrogen-bond acceptors (Lipinski definition) is 10. The molecule has 6 aromatic rings. The summed E-state index contributed by atoms with van der Waals surface area (Å²) in [6, 6.07) is 8.94. The van der Waals surface area contributed by atoms with Crippen LogP contribution in [0.15, 0.2) is 73.6 Å².